The van der Waals surface area contributed by atoms with E-state index < -0.39 is 26.9 Å². The maximum atomic E-state index is 12.5. The van der Waals surface area contributed by atoms with Crippen LogP contribution in [-0.4, -0.2) is 42.0 Å². The first-order chi connectivity index (χ1) is 10.2. The van der Waals surface area contributed by atoms with Crippen molar-refractivity contribution in [3.05, 3.63) is 0 Å². The lowest BCUT2D eigenvalue weighted by atomic mass is 9.48. The highest BCUT2D eigenvalue weighted by atomic mass is 32.2. The maximum Gasteiger partial charge on any atom is 0.312 e. The summed E-state index contributed by atoms with van der Waals surface area (Å²) in [4.78, 5) is 12.5. The summed E-state index contributed by atoms with van der Waals surface area (Å²) in [6.07, 6.45) is 5.42. The molecule has 126 valence electrons. The number of carbonyl (C=O) groups is 1. The van der Waals surface area contributed by atoms with Gasteiger partial charge < -0.3 is 14.4 Å². The van der Waals surface area contributed by atoms with E-state index in [2.05, 4.69) is 0 Å². The number of rotatable bonds is 6. The molecule has 4 saturated carbocycles. The van der Waals surface area contributed by atoms with Gasteiger partial charge in [-0.2, -0.15) is 0 Å². The third kappa shape index (κ3) is 3.31. The lowest BCUT2D eigenvalue weighted by Crippen LogP contribution is -2.58. The van der Waals surface area contributed by atoms with Crippen LogP contribution in [0.2, 0.25) is 0 Å². The van der Waals surface area contributed by atoms with Gasteiger partial charge in [0, 0.05) is 5.75 Å². The minimum atomic E-state index is -4.19. The smallest absolute Gasteiger partial charge is 0.312 e. The normalized spacial score (nSPS) is 39.9. The van der Waals surface area contributed by atoms with Crippen LogP contribution in [0.1, 0.15) is 51.4 Å². The minimum absolute atomic E-state index is 0.143. The Kier molecular flexibility index (Phi) is 4.02. The largest absolute Gasteiger partial charge is 0.748 e. The monoisotopic (exact) mass is 331 g/mol. The second-order valence-electron chi connectivity index (χ2n) is 7.57. The van der Waals surface area contributed by atoms with Gasteiger partial charge in [-0.15, -0.1) is 0 Å². The summed E-state index contributed by atoms with van der Waals surface area (Å²) >= 11 is 0. The zero-order chi connectivity index (χ0) is 16.0. The molecule has 4 fully saturated rings. The van der Waals surface area contributed by atoms with Crippen LogP contribution in [0.15, 0.2) is 0 Å². The predicted molar refractivity (Wildman–Crippen MR) is 76.8 cm³/mol. The average molecular weight is 331 g/mol. The standard InChI is InChI=1S/C15H24O6S/c16-13(21-3-1-2-4-22(18,19)20)14-6-11-5-12(7-14)9-15(17,8-11)10-14/h11-12,17H,1-10H2,(H,18,19,20)/p-1. The lowest BCUT2D eigenvalue weighted by Gasteiger charge is -2.58. The summed E-state index contributed by atoms with van der Waals surface area (Å²) in [5.41, 5.74) is -1.23. The number of ether oxygens (including phenoxy) is 1. The van der Waals surface area contributed by atoms with Crippen LogP contribution in [0.5, 0.6) is 0 Å². The van der Waals surface area contributed by atoms with E-state index in [1.807, 2.05) is 0 Å². The number of esters is 1. The second-order valence-corrected chi connectivity index (χ2v) is 9.09. The Morgan fingerprint density at radius 3 is 2.36 bits per heavy atom. The molecule has 0 amide bonds. The van der Waals surface area contributed by atoms with Crippen LogP contribution in [0.4, 0.5) is 0 Å². The van der Waals surface area contributed by atoms with Gasteiger partial charge in [0.2, 0.25) is 0 Å². The molecule has 22 heavy (non-hydrogen) atoms. The van der Waals surface area contributed by atoms with Crippen molar-refractivity contribution in [3.63, 3.8) is 0 Å². The van der Waals surface area contributed by atoms with Gasteiger partial charge in [-0.1, -0.05) is 0 Å². The molecule has 4 bridgehead atoms. The average Bonchev–Trinajstić information content (AvgIpc) is 2.33. The van der Waals surface area contributed by atoms with Crippen molar-refractivity contribution in [2.75, 3.05) is 12.4 Å². The van der Waals surface area contributed by atoms with Gasteiger partial charge in [-0.25, -0.2) is 8.42 Å². The number of aliphatic hydroxyl groups is 1. The second kappa shape index (κ2) is 5.46. The van der Waals surface area contributed by atoms with Crippen molar-refractivity contribution < 1.29 is 27.6 Å². The van der Waals surface area contributed by atoms with Gasteiger partial charge in [-0.3, -0.25) is 4.79 Å². The quantitative estimate of drug-likeness (QED) is 0.445. The highest BCUT2D eigenvalue weighted by molar-refractivity contribution is 7.85. The number of hydrogen-bond acceptors (Lipinski definition) is 6. The maximum absolute atomic E-state index is 12.5. The summed E-state index contributed by atoms with van der Waals surface area (Å²) in [5.74, 6) is 0.179. The fourth-order valence-electron chi connectivity index (χ4n) is 5.15. The Bertz CT molecular complexity index is 540. The van der Waals surface area contributed by atoms with Crippen molar-refractivity contribution in [2.45, 2.75) is 57.0 Å². The van der Waals surface area contributed by atoms with E-state index in [1.54, 1.807) is 0 Å². The fourth-order valence-corrected chi connectivity index (χ4v) is 5.71. The molecule has 2 unspecified atom stereocenters. The van der Waals surface area contributed by atoms with E-state index in [0.29, 0.717) is 24.7 Å². The Morgan fingerprint density at radius 2 is 1.82 bits per heavy atom. The molecule has 0 aromatic heterocycles. The Labute approximate surface area is 131 Å². The first-order valence-corrected chi connectivity index (χ1v) is 9.61. The van der Waals surface area contributed by atoms with Gasteiger partial charge in [0.25, 0.3) is 0 Å². The van der Waals surface area contributed by atoms with Gasteiger partial charge >= 0.3 is 5.97 Å². The van der Waals surface area contributed by atoms with Crippen molar-refractivity contribution >= 4 is 16.1 Å². The fraction of sp³-hybridized carbons (Fsp3) is 0.933. The first kappa shape index (κ1) is 16.2. The zero-order valence-corrected chi connectivity index (χ0v) is 13.4. The van der Waals surface area contributed by atoms with Crippen LogP contribution < -0.4 is 0 Å². The summed E-state index contributed by atoms with van der Waals surface area (Å²) < 4.78 is 36.8. The van der Waals surface area contributed by atoms with E-state index in [4.69, 9.17) is 4.74 Å². The summed E-state index contributed by atoms with van der Waals surface area (Å²) in [5, 5.41) is 10.6. The van der Waals surface area contributed by atoms with E-state index in [1.165, 1.54) is 0 Å². The molecular weight excluding hydrogens is 308 g/mol. The highest BCUT2D eigenvalue weighted by Gasteiger charge is 2.60. The first-order valence-electron chi connectivity index (χ1n) is 8.03. The van der Waals surface area contributed by atoms with Crippen LogP contribution in [-0.2, 0) is 19.6 Å². The van der Waals surface area contributed by atoms with Gasteiger partial charge in [0.15, 0.2) is 0 Å². The molecule has 4 aliphatic carbocycles. The zero-order valence-electron chi connectivity index (χ0n) is 12.6. The molecular formula is C15H23O6S-. The van der Waals surface area contributed by atoms with Gasteiger partial charge in [0.05, 0.1) is 27.7 Å². The van der Waals surface area contributed by atoms with E-state index >= 15 is 0 Å². The summed E-state index contributed by atoms with van der Waals surface area (Å²) in [6, 6.07) is 0. The van der Waals surface area contributed by atoms with Crippen molar-refractivity contribution in [1.29, 1.82) is 0 Å². The molecule has 0 saturated heterocycles. The Balaban J connectivity index is 1.52. The van der Waals surface area contributed by atoms with E-state index in [0.717, 1.165) is 32.1 Å². The molecule has 1 N–H and O–H groups in total. The number of carbonyl (C=O) groups excluding carboxylic acids is 1. The topological polar surface area (TPSA) is 104 Å². The van der Waals surface area contributed by atoms with Crippen molar-refractivity contribution in [1.82, 2.24) is 0 Å². The molecule has 0 aromatic carbocycles. The van der Waals surface area contributed by atoms with Crippen molar-refractivity contribution in [2.24, 2.45) is 17.3 Å². The predicted octanol–water partition coefficient (Wildman–Crippen LogP) is 1.19. The van der Waals surface area contributed by atoms with Gasteiger partial charge in [0.1, 0.15) is 0 Å². The molecule has 4 aliphatic rings. The van der Waals surface area contributed by atoms with Gasteiger partial charge in [-0.05, 0) is 63.2 Å². The molecule has 0 radical (unpaired) electrons. The highest BCUT2D eigenvalue weighted by Crippen LogP contribution is 2.61. The molecule has 2 atom stereocenters. The minimum Gasteiger partial charge on any atom is -0.748 e. The molecule has 4 rings (SSSR count). The van der Waals surface area contributed by atoms with Crippen LogP contribution in [0.3, 0.4) is 0 Å². The summed E-state index contributed by atoms with van der Waals surface area (Å²) in [7, 11) is -4.19. The summed E-state index contributed by atoms with van der Waals surface area (Å²) in [6.45, 7) is 0.143. The molecule has 6 nitrogen and oxygen atoms in total. The SMILES string of the molecule is O=C(OCCCCS(=O)(=O)[O-])C12CC3CC(CC(O)(C3)C1)C2. The lowest BCUT2D eigenvalue weighted by molar-refractivity contribution is -0.196. The Morgan fingerprint density at radius 1 is 1.18 bits per heavy atom. The molecule has 0 aromatic rings. The molecule has 0 spiro atoms. The van der Waals surface area contributed by atoms with Crippen LogP contribution in [0.25, 0.3) is 0 Å². The van der Waals surface area contributed by atoms with Crippen molar-refractivity contribution in [3.8, 4) is 0 Å². The third-order valence-electron chi connectivity index (χ3n) is 5.49. The van der Waals surface area contributed by atoms with E-state index in [-0.39, 0.29) is 19.0 Å². The van der Waals surface area contributed by atoms with E-state index in [9.17, 15) is 22.9 Å². The number of unbranched alkanes of at least 4 members (excludes halogenated alkanes) is 1. The third-order valence-corrected chi connectivity index (χ3v) is 6.27. The Hall–Kier alpha value is -0.660. The molecule has 0 heterocycles. The van der Waals surface area contributed by atoms with Crippen LogP contribution >= 0.6 is 0 Å². The van der Waals surface area contributed by atoms with Crippen LogP contribution in [0, 0.1) is 17.3 Å². The molecule has 7 heteroatoms. The molecule has 0 aliphatic heterocycles. The number of hydrogen-bond donors (Lipinski definition) is 1.